The molecule has 2 N–H and O–H groups in total. The molecular weight excluding hydrogens is 364 g/mol. The van der Waals surface area contributed by atoms with E-state index in [9.17, 15) is 4.79 Å². The highest BCUT2D eigenvalue weighted by molar-refractivity contribution is 7.80. The zero-order valence-electron chi connectivity index (χ0n) is 15.1. The van der Waals surface area contributed by atoms with Gasteiger partial charge in [-0.3, -0.25) is 10.1 Å². The van der Waals surface area contributed by atoms with E-state index in [-0.39, 0.29) is 11.0 Å². The SMILES string of the molecule is CCCCOc1cccc(C(=O)NC(=S)Nc2ccc3c(c2)OCCO3)c1. The second-order valence-electron chi connectivity index (χ2n) is 6.00. The maximum Gasteiger partial charge on any atom is 0.257 e. The third kappa shape index (κ3) is 5.34. The fraction of sp³-hybridized carbons (Fsp3) is 0.300. The Labute approximate surface area is 163 Å². The Hall–Kier alpha value is -2.80. The number of fused-ring (bicyclic) bond motifs is 1. The third-order valence-corrected chi connectivity index (χ3v) is 4.09. The number of ether oxygens (including phenoxy) is 3. The monoisotopic (exact) mass is 386 g/mol. The Kier molecular flexibility index (Phi) is 6.49. The summed E-state index contributed by atoms with van der Waals surface area (Å²) in [7, 11) is 0. The van der Waals surface area contributed by atoms with E-state index in [1.54, 1.807) is 30.3 Å². The number of carbonyl (C=O) groups excluding carboxylic acids is 1. The highest BCUT2D eigenvalue weighted by Crippen LogP contribution is 2.32. The van der Waals surface area contributed by atoms with Gasteiger partial charge in [0.1, 0.15) is 19.0 Å². The van der Waals surface area contributed by atoms with Gasteiger partial charge in [0.15, 0.2) is 16.6 Å². The largest absolute Gasteiger partial charge is 0.494 e. The molecule has 142 valence electrons. The molecule has 1 aliphatic rings. The molecule has 27 heavy (non-hydrogen) atoms. The summed E-state index contributed by atoms with van der Waals surface area (Å²) in [5.41, 5.74) is 1.19. The normalized spacial score (nSPS) is 12.2. The number of unbranched alkanes of at least 4 members (excludes halogenated alkanes) is 1. The Balaban J connectivity index is 1.57. The molecule has 0 aliphatic carbocycles. The van der Waals surface area contributed by atoms with Gasteiger partial charge in [0, 0.05) is 17.3 Å². The van der Waals surface area contributed by atoms with Crippen LogP contribution in [0, 0.1) is 0 Å². The Morgan fingerprint density at radius 3 is 2.78 bits per heavy atom. The summed E-state index contributed by atoms with van der Waals surface area (Å²) >= 11 is 5.24. The van der Waals surface area contributed by atoms with Gasteiger partial charge in [0.2, 0.25) is 0 Å². The Morgan fingerprint density at radius 2 is 1.96 bits per heavy atom. The summed E-state index contributed by atoms with van der Waals surface area (Å²) in [4.78, 5) is 12.4. The number of thiocarbonyl (C=S) groups is 1. The van der Waals surface area contributed by atoms with Crippen molar-refractivity contribution in [2.45, 2.75) is 19.8 Å². The van der Waals surface area contributed by atoms with Crippen molar-refractivity contribution in [3.05, 3.63) is 48.0 Å². The van der Waals surface area contributed by atoms with E-state index < -0.39 is 0 Å². The second-order valence-corrected chi connectivity index (χ2v) is 6.40. The van der Waals surface area contributed by atoms with Crippen LogP contribution < -0.4 is 24.8 Å². The summed E-state index contributed by atoms with van der Waals surface area (Å²) in [6.07, 6.45) is 2.03. The van der Waals surface area contributed by atoms with E-state index in [0.717, 1.165) is 12.8 Å². The number of hydrogen-bond donors (Lipinski definition) is 2. The van der Waals surface area contributed by atoms with Gasteiger partial charge in [0.25, 0.3) is 5.91 Å². The fourth-order valence-electron chi connectivity index (χ4n) is 2.52. The van der Waals surface area contributed by atoms with Gasteiger partial charge in [-0.25, -0.2) is 0 Å². The molecule has 0 fully saturated rings. The molecule has 2 aromatic rings. The first-order chi connectivity index (χ1) is 13.2. The summed E-state index contributed by atoms with van der Waals surface area (Å²) in [5.74, 6) is 1.71. The third-order valence-electron chi connectivity index (χ3n) is 3.89. The van der Waals surface area contributed by atoms with Crippen molar-refractivity contribution in [3.63, 3.8) is 0 Å². The van der Waals surface area contributed by atoms with Crippen LogP contribution in [0.15, 0.2) is 42.5 Å². The second kappa shape index (κ2) is 9.23. The first-order valence-electron chi connectivity index (χ1n) is 8.90. The summed E-state index contributed by atoms with van der Waals surface area (Å²) < 4.78 is 16.7. The first-order valence-corrected chi connectivity index (χ1v) is 9.31. The molecule has 0 atom stereocenters. The fourth-order valence-corrected chi connectivity index (χ4v) is 2.73. The van der Waals surface area contributed by atoms with Crippen molar-refractivity contribution in [2.75, 3.05) is 25.1 Å². The standard InChI is InChI=1S/C20H22N2O4S/c1-2-3-9-24-16-6-4-5-14(12-16)19(23)22-20(27)21-15-7-8-17-18(13-15)26-11-10-25-17/h4-8,12-13H,2-3,9-11H2,1H3,(H2,21,22,23,27). The maximum atomic E-state index is 12.4. The van der Waals surface area contributed by atoms with Gasteiger partial charge in [-0.1, -0.05) is 19.4 Å². The van der Waals surface area contributed by atoms with Gasteiger partial charge >= 0.3 is 0 Å². The lowest BCUT2D eigenvalue weighted by Crippen LogP contribution is -2.34. The predicted octanol–water partition coefficient (Wildman–Crippen LogP) is 3.76. The molecule has 0 saturated heterocycles. The molecule has 0 radical (unpaired) electrons. The lowest BCUT2D eigenvalue weighted by Gasteiger charge is -2.19. The number of amides is 1. The molecule has 1 amide bonds. The molecule has 7 heteroatoms. The van der Waals surface area contributed by atoms with Crippen molar-refractivity contribution >= 4 is 28.9 Å². The first kappa shape index (κ1) is 19.0. The molecule has 0 saturated carbocycles. The van der Waals surface area contributed by atoms with Gasteiger partial charge in [-0.15, -0.1) is 0 Å². The molecule has 3 rings (SSSR count). The molecule has 0 unspecified atom stereocenters. The van der Waals surface area contributed by atoms with Gasteiger partial charge in [0.05, 0.1) is 6.61 Å². The highest BCUT2D eigenvalue weighted by atomic mass is 32.1. The predicted molar refractivity (Wildman–Crippen MR) is 108 cm³/mol. The average Bonchev–Trinajstić information content (AvgIpc) is 2.68. The van der Waals surface area contributed by atoms with E-state index >= 15 is 0 Å². The van der Waals surface area contributed by atoms with Crippen LogP contribution in [0.4, 0.5) is 5.69 Å². The minimum atomic E-state index is -0.300. The van der Waals surface area contributed by atoms with Crippen molar-refractivity contribution in [1.82, 2.24) is 5.32 Å². The lowest BCUT2D eigenvalue weighted by atomic mass is 10.2. The number of benzene rings is 2. The van der Waals surface area contributed by atoms with Crippen LogP contribution in [0.1, 0.15) is 30.1 Å². The van der Waals surface area contributed by atoms with Gasteiger partial charge in [-0.05, 0) is 49.0 Å². The molecule has 0 bridgehead atoms. The van der Waals surface area contributed by atoms with Crippen LogP contribution in [-0.2, 0) is 0 Å². The zero-order valence-corrected chi connectivity index (χ0v) is 15.9. The quantitative estimate of drug-likeness (QED) is 0.582. The molecular formula is C20H22N2O4S. The summed E-state index contributed by atoms with van der Waals surface area (Å²) in [5, 5.41) is 5.86. The number of carbonyl (C=O) groups is 1. The van der Waals surface area contributed by atoms with Crippen molar-refractivity contribution in [3.8, 4) is 17.2 Å². The van der Waals surface area contributed by atoms with Crippen LogP contribution in [0.3, 0.4) is 0 Å². The molecule has 1 heterocycles. The van der Waals surface area contributed by atoms with Crippen LogP contribution in [0.2, 0.25) is 0 Å². The van der Waals surface area contributed by atoms with Gasteiger partial charge in [-0.2, -0.15) is 0 Å². The minimum Gasteiger partial charge on any atom is -0.494 e. The van der Waals surface area contributed by atoms with Crippen molar-refractivity contribution < 1.29 is 19.0 Å². The number of anilines is 1. The van der Waals surface area contributed by atoms with Gasteiger partial charge < -0.3 is 19.5 Å². The van der Waals surface area contributed by atoms with Crippen molar-refractivity contribution in [2.24, 2.45) is 0 Å². The van der Waals surface area contributed by atoms with E-state index in [2.05, 4.69) is 17.6 Å². The molecule has 0 spiro atoms. The van der Waals surface area contributed by atoms with Crippen LogP contribution in [-0.4, -0.2) is 30.8 Å². The number of nitrogens with one attached hydrogen (secondary N) is 2. The maximum absolute atomic E-state index is 12.4. The van der Waals surface area contributed by atoms with Crippen LogP contribution >= 0.6 is 12.2 Å². The van der Waals surface area contributed by atoms with Crippen molar-refractivity contribution in [1.29, 1.82) is 0 Å². The number of hydrogen-bond acceptors (Lipinski definition) is 5. The van der Waals surface area contributed by atoms with Crippen LogP contribution in [0.25, 0.3) is 0 Å². The molecule has 2 aromatic carbocycles. The Bertz CT molecular complexity index is 825. The topological polar surface area (TPSA) is 68.8 Å². The molecule has 6 nitrogen and oxygen atoms in total. The van der Waals surface area contributed by atoms with Crippen LogP contribution in [0.5, 0.6) is 17.2 Å². The van der Waals surface area contributed by atoms with E-state index in [0.29, 0.717) is 48.3 Å². The smallest absolute Gasteiger partial charge is 0.257 e. The summed E-state index contributed by atoms with van der Waals surface area (Å²) in [6.45, 7) is 3.78. The number of rotatable bonds is 6. The molecule has 1 aliphatic heterocycles. The minimum absolute atomic E-state index is 0.203. The van der Waals surface area contributed by atoms with E-state index in [4.69, 9.17) is 26.4 Å². The zero-order chi connectivity index (χ0) is 19.1. The summed E-state index contributed by atoms with van der Waals surface area (Å²) in [6, 6.07) is 12.4. The average molecular weight is 386 g/mol. The van der Waals surface area contributed by atoms with E-state index in [1.807, 2.05) is 12.1 Å². The Morgan fingerprint density at radius 1 is 1.15 bits per heavy atom. The lowest BCUT2D eigenvalue weighted by molar-refractivity contribution is 0.0977. The molecule has 0 aromatic heterocycles. The van der Waals surface area contributed by atoms with E-state index in [1.165, 1.54) is 0 Å². The highest BCUT2D eigenvalue weighted by Gasteiger charge is 2.13.